The van der Waals surface area contributed by atoms with Gasteiger partial charge in [0.15, 0.2) is 6.29 Å². The summed E-state index contributed by atoms with van der Waals surface area (Å²) in [5.74, 6) is 0.465. The van der Waals surface area contributed by atoms with Gasteiger partial charge in [-0.15, -0.1) is 0 Å². The average molecular weight is 231 g/mol. The summed E-state index contributed by atoms with van der Waals surface area (Å²) >= 11 is 3.16. The predicted octanol–water partition coefficient (Wildman–Crippen LogP) is 1.98. The molecule has 0 aliphatic heterocycles. The van der Waals surface area contributed by atoms with E-state index in [1.165, 1.54) is 19.2 Å². The second kappa shape index (κ2) is 3.58. The number of benzene rings is 1. The summed E-state index contributed by atoms with van der Waals surface area (Å²) in [7, 11) is 1.46. The van der Waals surface area contributed by atoms with Gasteiger partial charge in [-0.05, 0) is 28.1 Å². The van der Waals surface area contributed by atoms with E-state index >= 15 is 0 Å². The van der Waals surface area contributed by atoms with Gasteiger partial charge in [0.2, 0.25) is 0 Å². The van der Waals surface area contributed by atoms with Crippen LogP contribution in [0.5, 0.6) is 11.5 Å². The molecular formula is C8H7BrO3. The van der Waals surface area contributed by atoms with Gasteiger partial charge in [-0.2, -0.15) is 0 Å². The van der Waals surface area contributed by atoms with Crippen LogP contribution in [0.3, 0.4) is 0 Å². The highest BCUT2D eigenvalue weighted by atomic mass is 79.9. The van der Waals surface area contributed by atoms with E-state index in [1.54, 1.807) is 0 Å². The molecule has 1 N–H and O–H groups in total. The molecule has 0 aliphatic carbocycles. The molecule has 12 heavy (non-hydrogen) atoms. The number of phenols is 1. The largest absolute Gasteiger partial charge is 0.508 e. The molecule has 0 spiro atoms. The number of aromatic hydroxyl groups is 1. The molecule has 0 atom stereocenters. The van der Waals surface area contributed by atoms with Crippen molar-refractivity contribution in [2.24, 2.45) is 0 Å². The SMILES string of the molecule is COc1c(Br)cc(O)cc1C=O. The minimum atomic E-state index is 0.0322. The van der Waals surface area contributed by atoms with Crippen molar-refractivity contribution in [2.45, 2.75) is 0 Å². The maximum absolute atomic E-state index is 10.5. The summed E-state index contributed by atoms with van der Waals surface area (Å²) in [6.45, 7) is 0. The fraction of sp³-hybridized carbons (Fsp3) is 0.125. The lowest BCUT2D eigenvalue weighted by atomic mass is 10.2. The Hall–Kier alpha value is -1.03. The molecule has 0 saturated carbocycles. The number of hydrogen-bond donors (Lipinski definition) is 1. The number of carbonyl (C=O) groups is 1. The van der Waals surface area contributed by atoms with Gasteiger partial charge >= 0.3 is 0 Å². The van der Waals surface area contributed by atoms with Crippen molar-refractivity contribution < 1.29 is 14.6 Å². The minimum Gasteiger partial charge on any atom is -0.508 e. The van der Waals surface area contributed by atoms with Crippen LogP contribution in [0.2, 0.25) is 0 Å². The van der Waals surface area contributed by atoms with Crippen LogP contribution < -0.4 is 4.74 Å². The van der Waals surface area contributed by atoms with Gasteiger partial charge < -0.3 is 9.84 Å². The highest BCUT2D eigenvalue weighted by Gasteiger charge is 2.07. The first-order valence-corrected chi connectivity index (χ1v) is 4.00. The van der Waals surface area contributed by atoms with Crippen molar-refractivity contribution in [1.29, 1.82) is 0 Å². The maximum Gasteiger partial charge on any atom is 0.153 e. The van der Waals surface area contributed by atoms with Gasteiger partial charge in [0, 0.05) is 0 Å². The Labute approximate surface area is 78.1 Å². The third-order valence-corrected chi connectivity index (χ3v) is 1.98. The van der Waals surface area contributed by atoms with E-state index in [4.69, 9.17) is 9.84 Å². The average Bonchev–Trinajstić information content (AvgIpc) is 2.03. The van der Waals surface area contributed by atoms with Crippen molar-refractivity contribution in [3.05, 3.63) is 22.2 Å². The fourth-order valence-electron chi connectivity index (χ4n) is 0.903. The molecule has 0 aliphatic rings. The van der Waals surface area contributed by atoms with Crippen molar-refractivity contribution in [3.63, 3.8) is 0 Å². The molecule has 0 unspecified atom stereocenters. The van der Waals surface area contributed by atoms with Crippen molar-refractivity contribution in [2.75, 3.05) is 7.11 Å². The van der Waals surface area contributed by atoms with Crippen LogP contribution >= 0.6 is 15.9 Å². The molecule has 0 saturated heterocycles. The van der Waals surface area contributed by atoms with Gasteiger partial charge in [0.25, 0.3) is 0 Å². The second-order valence-electron chi connectivity index (χ2n) is 2.17. The first kappa shape index (κ1) is 9.06. The number of aldehydes is 1. The first-order valence-electron chi connectivity index (χ1n) is 3.20. The number of carbonyl (C=O) groups excluding carboxylic acids is 1. The van der Waals surface area contributed by atoms with E-state index in [0.29, 0.717) is 22.1 Å². The molecule has 0 heterocycles. The maximum atomic E-state index is 10.5. The monoisotopic (exact) mass is 230 g/mol. The van der Waals surface area contributed by atoms with Crippen molar-refractivity contribution in [1.82, 2.24) is 0 Å². The van der Waals surface area contributed by atoms with Crippen LogP contribution in [0.1, 0.15) is 10.4 Å². The smallest absolute Gasteiger partial charge is 0.153 e. The second-order valence-corrected chi connectivity index (χ2v) is 3.02. The van der Waals surface area contributed by atoms with Crippen molar-refractivity contribution >= 4 is 22.2 Å². The Bertz CT molecular complexity index is 309. The van der Waals surface area contributed by atoms with Crippen LogP contribution in [0.15, 0.2) is 16.6 Å². The third kappa shape index (κ3) is 1.58. The fourth-order valence-corrected chi connectivity index (χ4v) is 1.53. The zero-order chi connectivity index (χ0) is 9.14. The lowest BCUT2D eigenvalue weighted by Crippen LogP contribution is -1.91. The molecule has 0 fully saturated rings. The Morgan fingerprint density at radius 3 is 2.75 bits per heavy atom. The molecule has 64 valence electrons. The molecule has 1 rings (SSSR count). The number of ether oxygens (including phenoxy) is 1. The highest BCUT2D eigenvalue weighted by Crippen LogP contribution is 2.31. The van der Waals surface area contributed by atoms with Crippen LogP contribution in [-0.4, -0.2) is 18.5 Å². The Morgan fingerprint density at radius 2 is 2.25 bits per heavy atom. The lowest BCUT2D eigenvalue weighted by molar-refractivity contribution is 0.112. The first-order chi connectivity index (χ1) is 5.69. The summed E-state index contributed by atoms with van der Waals surface area (Å²) in [5, 5.41) is 9.10. The predicted molar refractivity (Wildman–Crippen MR) is 47.7 cm³/mol. The summed E-state index contributed by atoms with van der Waals surface area (Å²) < 4.78 is 5.49. The lowest BCUT2D eigenvalue weighted by Gasteiger charge is -2.05. The van der Waals surface area contributed by atoms with E-state index in [0.717, 1.165) is 0 Å². The van der Waals surface area contributed by atoms with E-state index in [9.17, 15) is 4.79 Å². The number of halogens is 1. The molecule has 0 bridgehead atoms. The van der Waals surface area contributed by atoms with E-state index < -0.39 is 0 Å². The van der Waals surface area contributed by atoms with Gasteiger partial charge in [-0.25, -0.2) is 0 Å². The standard InChI is InChI=1S/C8H7BrO3/c1-12-8-5(4-10)2-6(11)3-7(8)9/h2-4,11H,1H3. The van der Waals surface area contributed by atoms with E-state index in [1.807, 2.05) is 0 Å². The number of phenolic OH excluding ortho intramolecular Hbond substituents is 1. The van der Waals surface area contributed by atoms with E-state index in [2.05, 4.69) is 15.9 Å². The molecule has 0 radical (unpaired) electrons. The quantitative estimate of drug-likeness (QED) is 0.791. The molecule has 4 heteroatoms. The van der Waals surface area contributed by atoms with Crippen LogP contribution in [0.25, 0.3) is 0 Å². The summed E-state index contributed by atoms with van der Waals surface area (Å²) in [6, 6.07) is 2.81. The summed E-state index contributed by atoms with van der Waals surface area (Å²) in [6.07, 6.45) is 0.628. The third-order valence-electron chi connectivity index (χ3n) is 1.39. The number of hydrogen-bond acceptors (Lipinski definition) is 3. The minimum absolute atomic E-state index is 0.0322. The van der Waals surface area contributed by atoms with Crippen LogP contribution in [0, 0.1) is 0 Å². The van der Waals surface area contributed by atoms with Crippen LogP contribution in [-0.2, 0) is 0 Å². The molecule has 0 aromatic heterocycles. The van der Waals surface area contributed by atoms with Crippen molar-refractivity contribution in [3.8, 4) is 11.5 Å². The molecule has 1 aromatic carbocycles. The van der Waals surface area contributed by atoms with E-state index in [-0.39, 0.29) is 5.75 Å². The van der Waals surface area contributed by atoms with Gasteiger partial charge in [0.1, 0.15) is 11.5 Å². The molecular weight excluding hydrogens is 224 g/mol. The molecule has 0 amide bonds. The molecule has 3 nitrogen and oxygen atoms in total. The molecule has 1 aromatic rings. The Kier molecular flexibility index (Phi) is 2.70. The highest BCUT2D eigenvalue weighted by molar-refractivity contribution is 9.10. The number of rotatable bonds is 2. The Balaban J connectivity index is 3.33. The van der Waals surface area contributed by atoms with Crippen LogP contribution in [0.4, 0.5) is 0 Å². The van der Waals surface area contributed by atoms with Gasteiger partial charge in [-0.1, -0.05) is 0 Å². The topological polar surface area (TPSA) is 46.5 Å². The normalized spacial score (nSPS) is 9.50. The Morgan fingerprint density at radius 1 is 1.58 bits per heavy atom. The summed E-state index contributed by atoms with van der Waals surface area (Å²) in [5.41, 5.74) is 0.323. The zero-order valence-electron chi connectivity index (χ0n) is 6.37. The summed E-state index contributed by atoms with van der Waals surface area (Å²) in [4.78, 5) is 10.5. The zero-order valence-corrected chi connectivity index (χ0v) is 7.96. The van der Waals surface area contributed by atoms with Gasteiger partial charge in [0.05, 0.1) is 17.1 Å². The number of methoxy groups -OCH3 is 1. The van der Waals surface area contributed by atoms with Gasteiger partial charge in [-0.3, -0.25) is 4.79 Å².